The lowest BCUT2D eigenvalue weighted by Crippen LogP contribution is -2.69. The van der Waals surface area contributed by atoms with E-state index in [0.29, 0.717) is 12.0 Å². The fraction of sp³-hybridized carbons (Fsp3) is 0.750. The molecule has 0 saturated carbocycles. The fourth-order valence-electron chi connectivity index (χ4n) is 8.33. The van der Waals surface area contributed by atoms with Crippen LogP contribution in [-0.4, -0.2) is 59.8 Å². The molecule has 2 fully saturated rings. The van der Waals surface area contributed by atoms with Crippen molar-refractivity contribution < 1.29 is 5.11 Å². The lowest BCUT2D eigenvalue weighted by atomic mass is 9.51. The van der Waals surface area contributed by atoms with Gasteiger partial charge in [0.15, 0.2) is 0 Å². The average Bonchev–Trinajstić information content (AvgIpc) is 2.87. The van der Waals surface area contributed by atoms with Crippen LogP contribution in [0, 0.1) is 17.3 Å². The number of hydrogen-bond acceptors (Lipinski definition) is 3. The number of rotatable bonds is 0. The zero-order chi connectivity index (χ0) is 23.9. The van der Waals surface area contributed by atoms with Crippen LogP contribution in [0.15, 0.2) is 48.1 Å². The largest absolute Gasteiger partial charge is 0.389 e. The van der Waals surface area contributed by atoms with Crippen molar-refractivity contribution in [2.75, 3.05) is 32.7 Å². The van der Waals surface area contributed by atoms with Gasteiger partial charge in [-0.1, -0.05) is 86.6 Å². The first-order chi connectivity index (χ1) is 17.3. The lowest BCUT2D eigenvalue weighted by molar-refractivity contribution is -0.120. The van der Waals surface area contributed by atoms with Gasteiger partial charge in [0.05, 0.1) is 6.10 Å². The molecular formula is C32H50N2O. The quantitative estimate of drug-likeness (QED) is 0.394. The van der Waals surface area contributed by atoms with Crippen molar-refractivity contribution >= 4 is 0 Å². The molecule has 1 aliphatic carbocycles. The highest BCUT2D eigenvalue weighted by molar-refractivity contribution is 5.31. The van der Waals surface area contributed by atoms with E-state index in [-0.39, 0.29) is 11.5 Å². The molecule has 0 amide bonds. The molecule has 6 aliphatic rings. The maximum absolute atomic E-state index is 11.2. The number of aliphatic hydroxyl groups is 1. The number of fused-ring (bicyclic) bond motifs is 1. The van der Waals surface area contributed by atoms with Crippen LogP contribution in [-0.2, 0) is 0 Å². The van der Waals surface area contributed by atoms with Gasteiger partial charge in [0.25, 0.3) is 0 Å². The Hall–Kier alpha value is -1.16. The molecule has 5 heterocycles. The van der Waals surface area contributed by atoms with Crippen molar-refractivity contribution in [3.05, 3.63) is 48.1 Å². The molecule has 0 aromatic rings. The maximum Gasteiger partial charge on any atom is 0.0730 e. The van der Waals surface area contributed by atoms with Crippen molar-refractivity contribution in [3.8, 4) is 0 Å². The fourth-order valence-corrected chi connectivity index (χ4v) is 8.33. The van der Waals surface area contributed by atoms with Crippen molar-refractivity contribution in [1.29, 1.82) is 0 Å². The summed E-state index contributed by atoms with van der Waals surface area (Å²) in [5.41, 5.74) is 1.92. The molecule has 5 aliphatic heterocycles. The maximum atomic E-state index is 11.2. The van der Waals surface area contributed by atoms with E-state index in [9.17, 15) is 5.11 Å². The summed E-state index contributed by atoms with van der Waals surface area (Å²) in [5, 5.41) is 11.2. The van der Waals surface area contributed by atoms with E-state index >= 15 is 0 Å². The van der Waals surface area contributed by atoms with Gasteiger partial charge in [-0.25, -0.2) is 0 Å². The Morgan fingerprint density at radius 1 is 0.800 bits per heavy atom. The summed E-state index contributed by atoms with van der Waals surface area (Å²) in [6, 6.07) is 0.521. The summed E-state index contributed by atoms with van der Waals surface area (Å²) >= 11 is 0. The standard InChI is InChI=1S/C32H50N2O/c35-29-18-14-10-12-16-21-34-25-28-23-27-17-13-9-7-5-3-1-2-4-6-8-11-15-20-33-22-19-30(28)32(24-29,26-33)31(27)34/h8,10-12,14,18,23,28-31,35H,1-7,9,13,15-17,19-22,24-26H2/b11-8+,12-10-,18-14+. The smallest absolute Gasteiger partial charge is 0.0730 e. The van der Waals surface area contributed by atoms with E-state index in [1.807, 2.05) is 0 Å². The van der Waals surface area contributed by atoms with Gasteiger partial charge in [-0.15, -0.1) is 0 Å². The molecule has 7 unspecified atom stereocenters. The summed E-state index contributed by atoms with van der Waals surface area (Å²) < 4.78 is 0. The normalized spacial score (nSPS) is 44.1. The molecule has 0 aromatic heterocycles. The molecule has 3 nitrogen and oxygen atoms in total. The molecule has 6 rings (SSSR count). The summed E-state index contributed by atoms with van der Waals surface area (Å²) in [7, 11) is 0. The number of hydrogen-bond donors (Lipinski definition) is 1. The van der Waals surface area contributed by atoms with Crippen LogP contribution < -0.4 is 0 Å². The van der Waals surface area contributed by atoms with Gasteiger partial charge in [0.1, 0.15) is 0 Å². The topological polar surface area (TPSA) is 26.7 Å². The van der Waals surface area contributed by atoms with E-state index in [1.54, 1.807) is 5.57 Å². The molecule has 2 saturated heterocycles. The third kappa shape index (κ3) is 6.05. The van der Waals surface area contributed by atoms with Crippen LogP contribution in [0.2, 0.25) is 0 Å². The minimum atomic E-state index is -0.343. The first-order valence-corrected chi connectivity index (χ1v) is 15.1. The van der Waals surface area contributed by atoms with Gasteiger partial charge in [-0.05, 0) is 69.7 Å². The van der Waals surface area contributed by atoms with Crippen LogP contribution in [0.5, 0.6) is 0 Å². The summed E-state index contributed by atoms with van der Waals surface area (Å²) in [6.45, 7) is 5.98. The minimum Gasteiger partial charge on any atom is -0.389 e. The summed E-state index contributed by atoms with van der Waals surface area (Å²) in [4.78, 5) is 5.62. The molecule has 7 atom stereocenters. The highest BCUT2D eigenvalue weighted by Crippen LogP contribution is 2.57. The Morgan fingerprint density at radius 2 is 1.57 bits per heavy atom. The first kappa shape index (κ1) is 25.5. The van der Waals surface area contributed by atoms with Crippen LogP contribution in [0.3, 0.4) is 0 Å². The Labute approximate surface area is 215 Å². The van der Waals surface area contributed by atoms with E-state index in [4.69, 9.17) is 0 Å². The van der Waals surface area contributed by atoms with E-state index < -0.39 is 0 Å². The number of aliphatic hydroxyl groups excluding tert-OH is 1. The van der Waals surface area contributed by atoms with Gasteiger partial charge < -0.3 is 10.0 Å². The molecule has 3 heteroatoms. The SMILES string of the molecule is OC1/C=C/C=C\CCN2CC3C=C4CCCCCCCCCC/C=C/CCN5CCC3C(C1)(C5)C42. The highest BCUT2D eigenvalue weighted by Gasteiger charge is 2.59. The van der Waals surface area contributed by atoms with Crippen LogP contribution in [0.4, 0.5) is 0 Å². The lowest BCUT2D eigenvalue weighted by Gasteiger charge is -2.64. The van der Waals surface area contributed by atoms with Crippen LogP contribution in [0.1, 0.15) is 89.9 Å². The van der Waals surface area contributed by atoms with Crippen LogP contribution in [0.25, 0.3) is 0 Å². The third-order valence-corrected chi connectivity index (χ3v) is 9.78. The summed E-state index contributed by atoms with van der Waals surface area (Å²) in [6.07, 6.45) is 34.1. The van der Waals surface area contributed by atoms with Crippen molar-refractivity contribution in [2.24, 2.45) is 17.3 Å². The number of allylic oxidation sites excluding steroid dienone is 3. The monoisotopic (exact) mass is 478 g/mol. The summed E-state index contributed by atoms with van der Waals surface area (Å²) in [5.74, 6) is 1.40. The predicted octanol–water partition coefficient (Wildman–Crippen LogP) is 6.66. The van der Waals surface area contributed by atoms with Gasteiger partial charge in [0, 0.05) is 37.6 Å². The van der Waals surface area contributed by atoms with E-state index in [2.05, 4.69) is 52.3 Å². The molecule has 0 radical (unpaired) electrons. The Bertz CT molecular complexity index is 797. The second kappa shape index (κ2) is 12.4. The van der Waals surface area contributed by atoms with Gasteiger partial charge >= 0.3 is 0 Å². The molecule has 6 bridgehead atoms. The first-order valence-electron chi connectivity index (χ1n) is 15.1. The Balaban J connectivity index is 1.43. The average molecular weight is 479 g/mol. The zero-order valence-electron chi connectivity index (χ0n) is 22.1. The molecule has 1 spiro atoms. The second-order valence-electron chi connectivity index (χ2n) is 12.2. The van der Waals surface area contributed by atoms with Gasteiger partial charge in [-0.2, -0.15) is 0 Å². The second-order valence-corrected chi connectivity index (χ2v) is 12.2. The predicted molar refractivity (Wildman–Crippen MR) is 147 cm³/mol. The Morgan fingerprint density at radius 3 is 2.46 bits per heavy atom. The van der Waals surface area contributed by atoms with Gasteiger partial charge in [0.2, 0.25) is 0 Å². The molecular weight excluding hydrogens is 428 g/mol. The zero-order valence-corrected chi connectivity index (χ0v) is 22.1. The molecule has 1 N–H and O–H groups in total. The minimum absolute atomic E-state index is 0.186. The molecule has 0 aromatic carbocycles. The van der Waals surface area contributed by atoms with Crippen molar-refractivity contribution in [2.45, 2.75) is 102 Å². The third-order valence-electron chi connectivity index (χ3n) is 9.78. The highest BCUT2D eigenvalue weighted by atomic mass is 16.3. The van der Waals surface area contributed by atoms with Crippen LogP contribution >= 0.6 is 0 Å². The number of piperidine rings is 2. The van der Waals surface area contributed by atoms with E-state index in [1.165, 1.54) is 103 Å². The van der Waals surface area contributed by atoms with E-state index in [0.717, 1.165) is 25.3 Å². The van der Waals surface area contributed by atoms with Gasteiger partial charge in [-0.3, -0.25) is 4.90 Å². The van der Waals surface area contributed by atoms with Crippen molar-refractivity contribution in [3.63, 3.8) is 0 Å². The number of nitrogens with zero attached hydrogens (tertiary/aromatic N) is 2. The molecule has 194 valence electrons. The molecule has 35 heavy (non-hydrogen) atoms. The Kier molecular flexibility index (Phi) is 9.02. The van der Waals surface area contributed by atoms with Crippen molar-refractivity contribution in [1.82, 2.24) is 9.80 Å².